The number of aliphatic imine (C=N–C) groups is 1. The zero-order chi connectivity index (χ0) is 22.9. The number of thioether (sulfide) groups is 1. The molecule has 2 aromatic carbocycles. The molecule has 168 valence electrons. The van der Waals surface area contributed by atoms with Gasteiger partial charge in [0.25, 0.3) is 5.91 Å². The number of nitrogens with one attached hydrogen (secondary N) is 1. The average Bonchev–Trinajstić information content (AvgIpc) is 2.74. The molecular weight excluding hydrogens is 438 g/mol. The number of aliphatic carboxylic acids is 1. The lowest BCUT2D eigenvalue weighted by molar-refractivity contribution is -0.143. The smallest absolute Gasteiger partial charge is 0.305 e. The number of fused-ring (bicyclic) bond motifs is 1. The van der Waals surface area contributed by atoms with Crippen molar-refractivity contribution in [2.45, 2.75) is 36.7 Å². The topological polar surface area (TPSA) is 88.0 Å². The molecule has 4 unspecified atom stereocenters. The summed E-state index contributed by atoms with van der Waals surface area (Å²) in [7, 11) is 0. The average molecular weight is 461 g/mol. The Morgan fingerprint density at radius 2 is 2.00 bits per heavy atom. The second-order valence-electron chi connectivity index (χ2n) is 7.98. The molecule has 0 saturated carbocycles. The first-order valence-electron chi connectivity index (χ1n) is 10.2. The third-order valence-corrected chi connectivity index (χ3v) is 7.01. The number of hydrogen-bond acceptors (Lipinski definition) is 5. The SMILES string of the molecule is CC1SC(NC(=O)c2ccccc2)=NC2(c3ccc(F)cc3F)COC(CC(=O)O)CC12. The highest BCUT2D eigenvalue weighted by molar-refractivity contribution is 8.14. The van der Waals surface area contributed by atoms with Crippen molar-refractivity contribution in [2.24, 2.45) is 10.9 Å². The molecule has 1 amide bonds. The van der Waals surface area contributed by atoms with Crippen molar-refractivity contribution in [3.8, 4) is 0 Å². The summed E-state index contributed by atoms with van der Waals surface area (Å²) in [5.74, 6) is -3.07. The fourth-order valence-corrected chi connectivity index (χ4v) is 5.61. The van der Waals surface area contributed by atoms with Crippen LogP contribution in [0.4, 0.5) is 8.78 Å². The van der Waals surface area contributed by atoms with Crippen LogP contribution in [0.25, 0.3) is 0 Å². The molecule has 2 heterocycles. The van der Waals surface area contributed by atoms with Crippen LogP contribution in [-0.4, -0.2) is 40.1 Å². The van der Waals surface area contributed by atoms with E-state index >= 15 is 0 Å². The first-order chi connectivity index (χ1) is 15.3. The van der Waals surface area contributed by atoms with Gasteiger partial charge < -0.3 is 15.2 Å². The number of carbonyl (C=O) groups is 2. The van der Waals surface area contributed by atoms with E-state index in [1.54, 1.807) is 30.3 Å². The van der Waals surface area contributed by atoms with Gasteiger partial charge in [0, 0.05) is 28.4 Å². The van der Waals surface area contributed by atoms with Gasteiger partial charge in [0.2, 0.25) is 0 Å². The van der Waals surface area contributed by atoms with E-state index < -0.39 is 29.2 Å². The van der Waals surface area contributed by atoms with Crippen molar-refractivity contribution < 1.29 is 28.2 Å². The highest BCUT2D eigenvalue weighted by atomic mass is 32.2. The minimum Gasteiger partial charge on any atom is -0.481 e. The molecule has 2 N–H and O–H groups in total. The zero-order valence-corrected chi connectivity index (χ0v) is 18.1. The molecule has 0 aliphatic carbocycles. The fourth-order valence-electron chi connectivity index (χ4n) is 4.39. The van der Waals surface area contributed by atoms with E-state index in [0.29, 0.717) is 17.2 Å². The Hall–Kier alpha value is -2.78. The standard InChI is InChI=1S/C23H22F2N2O4S/c1-13-18-10-16(11-20(28)29)31-12-23(18,17-8-7-15(24)9-19(17)25)27-22(32-13)26-21(30)14-5-3-2-4-6-14/h2-9,13,16,18H,10-12H2,1H3,(H,28,29)(H,26,27,30). The summed E-state index contributed by atoms with van der Waals surface area (Å²) < 4.78 is 34.4. The monoisotopic (exact) mass is 460 g/mol. The number of amides is 1. The number of ether oxygens (including phenoxy) is 1. The normalized spacial score (nSPS) is 27.2. The van der Waals surface area contributed by atoms with Crippen LogP contribution in [0.1, 0.15) is 35.7 Å². The first-order valence-corrected chi connectivity index (χ1v) is 11.1. The number of benzene rings is 2. The van der Waals surface area contributed by atoms with Crippen molar-refractivity contribution in [1.29, 1.82) is 0 Å². The second-order valence-corrected chi connectivity index (χ2v) is 9.35. The molecule has 0 spiro atoms. The highest BCUT2D eigenvalue weighted by Crippen LogP contribution is 2.50. The van der Waals surface area contributed by atoms with Crippen LogP contribution >= 0.6 is 11.8 Å². The van der Waals surface area contributed by atoms with E-state index in [-0.39, 0.29) is 35.7 Å². The van der Waals surface area contributed by atoms with E-state index in [4.69, 9.17) is 9.73 Å². The zero-order valence-electron chi connectivity index (χ0n) is 17.3. The van der Waals surface area contributed by atoms with Gasteiger partial charge in [-0.15, -0.1) is 0 Å². The van der Waals surface area contributed by atoms with Gasteiger partial charge in [0.15, 0.2) is 5.17 Å². The summed E-state index contributed by atoms with van der Waals surface area (Å²) in [5.41, 5.74) is -0.596. The molecule has 32 heavy (non-hydrogen) atoms. The Morgan fingerprint density at radius 3 is 2.69 bits per heavy atom. The maximum atomic E-state index is 14.9. The number of nitrogens with zero attached hydrogens (tertiary/aromatic N) is 1. The molecule has 4 rings (SSSR count). The van der Waals surface area contributed by atoms with Crippen molar-refractivity contribution in [2.75, 3.05) is 6.61 Å². The Kier molecular flexibility index (Phi) is 6.30. The van der Waals surface area contributed by atoms with Crippen molar-refractivity contribution in [1.82, 2.24) is 5.32 Å². The predicted molar refractivity (Wildman–Crippen MR) is 117 cm³/mol. The molecule has 0 radical (unpaired) electrons. The van der Waals surface area contributed by atoms with Gasteiger partial charge in [-0.2, -0.15) is 0 Å². The van der Waals surface area contributed by atoms with Crippen molar-refractivity contribution >= 4 is 28.8 Å². The Balaban J connectivity index is 1.73. The van der Waals surface area contributed by atoms with E-state index in [0.717, 1.165) is 12.1 Å². The minimum absolute atomic E-state index is 0.0756. The lowest BCUT2D eigenvalue weighted by Gasteiger charge is -2.49. The van der Waals surface area contributed by atoms with Gasteiger partial charge in [0.05, 0.1) is 19.1 Å². The first kappa shape index (κ1) is 22.4. The van der Waals surface area contributed by atoms with Crippen LogP contribution in [0, 0.1) is 17.6 Å². The number of carboxylic acids is 1. The Morgan fingerprint density at radius 1 is 1.25 bits per heavy atom. The van der Waals surface area contributed by atoms with E-state index in [2.05, 4.69) is 5.32 Å². The molecule has 0 bridgehead atoms. The van der Waals surface area contributed by atoms with E-state index in [1.807, 2.05) is 6.92 Å². The van der Waals surface area contributed by atoms with Gasteiger partial charge in [-0.05, 0) is 24.6 Å². The second kappa shape index (κ2) is 8.99. The molecule has 4 atom stereocenters. The lowest BCUT2D eigenvalue weighted by atomic mass is 9.72. The number of halogens is 2. The summed E-state index contributed by atoms with van der Waals surface area (Å²) in [6, 6.07) is 12.0. The molecule has 1 fully saturated rings. The van der Waals surface area contributed by atoms with E-state index in [9.17, 15) is 23.5 Å². The summed E-state index contributed by atoms with van der Waals surface area (Å²) in [5, 5.41) is 12.1. The lowest BCUT2D eigenvalue weighted by Crippen LogP contribution is -2.54. The highest BCUT2D eigenvalue weighted by Gasteiger charge is 2.52. The van der Waals surface area contributed by atoms with Crippen molar-refractivity contribution in [3.63, 3.8) is 0 Å². The van der Waals surface area contributed by atoms with Gasteiger partial charge in [-0.1, -0.05) is 43.0 Å². The van der Waals surface area contributed by atoms with E-state index in [1.165, 1.54) is 17.8 Å². The maximum Gasteiger partial charge on any atom is 0.305 e. The van der Waals surface area contributed by atoms with Gasteiger partial charge >= 0.3 is 5.97 Å². The predicted octanol–water partition coefficient (Wildman–Crippen LogP) is 3.96. The summed E-state index contributed by atoms with van der Waals surface area (Å²) in [6.07, 6.45) is -0.356. The number of amidine groups is 1. The molecule has 1 saturated heterocycles. The number of carbonyl (C=O) groups excluding carboxylic acids is 1. The minimum atomic E-state index is -1.21. The number of carboxylic acid groups (broad SMARTS) is 1. The third-order valence-electron chi connectivity index (χ3n) is 5.89. The van der Waals surface area contributed by atoms with Crippen molar-refractivity contribution in [3.05, 3.63) is 71.3 Å². The summed E-state index contributed by atoms with van der Waals surface area (Å²) >= 11 is 1.34. The van der Waals surface area contributed by atoms with Crippen LogP contribution in [0.2, 0.25) is 0 Å². The summed E-state index contributed by atoms with van der Waals surface area (Å²) in [4.78, 5) is 28.6. The fraction of sp³-hybridized carbons (Fsp3) is 0.348. The Bertz CT molecular complexity index is 1070. The molecule has 2 aliphatic rings. The van der Waals surface area contributed by atoms with Gasteiger partial charge in [-0.25, -0.2) is 13.8 Å². The quantitative estimate of drug-likeness (QED) is 0.721. The molecule has 9 heteroatoms. The molecular formula is C23H22F2N2O4S. The van der Waals surface area contributed by atoms with Crippen LogP contribution in [0.15, 0.2) is 53.5 Å². The van der Waals surface area contributed by atoms with Crippen LogP contribution in [0.3, 0.4) is 0 Å². The number of rotatable bonds is 4. The molecule has 6 nitrogen and oxygen atoms in total. The maximum absolute atomic E-state index is 14.9. The van der Waals surface area contributed by atoms with Gasteiger partial charge in [-0.3, -0.25) is 9.59 Å². The van der Waals surface area contributed by atoms with Crippen LogP contribution in [-0.2, 0) is 15.1 Å². The Labute approximate surface area is 188 Å². The largest absolute Gasteiger partial charge is 0.481 e. The number of hydrogen-bond donors (Lipinski definition) is 2. The molecule has 2 aromatic rings. The van der Waals surface area contributed by atoms with Crippen LogP contribution in [0.5, 0.6) is 0 Å². The molecule has 2 aliphatic heterocycles. The summed E-state index contributed by atoms with van der Waals surface area (Å²) in [6.45, 7) is 1.85. The molecule has 0 aromatic heterocycles. The third kappa shape index (κ3) is 4.40. The van der Waals surface area contributed by atoms with Gasteiger partial charge in [0.1, 0.15) is 17.2 Å². The van der Waals surface area contributed by atoms with Crippen LogP contribution < -0.4 is 5.32 Å².